The zero-order chi connectivity index (χ0) is 26.5. The molecule has 4 rings (SSSR count). The Labute approximate surface area is 225 Å². The lowest BCUT2D eigenvalue weighted by atomic mass is 10.1. The Balaban J connectivity index is 1.64. The largest absolute Gasteiger partial charge is 0.493 e. The highest BCUT2D eigenvalue weighted by Gasteiger charge is 2.40. The van der Waals surface area contributed by atoms with Gasteiger partial charge in [0, 0.05) is 5.02 Å². The van der Waals surface area contributed by atoms with Crippen LogP contribution in [-0.4, -0.2) is 42.7 Å². The molecule has 190 valence electrons. The molecule has 37 heavy (non-hydrogen) atoms. The first-order valence-electron chi connectivity index (χ1n) is 11.4. The second-order valence-corrected chi connectivity index (χ2v) is 9.08. The number of benzene rings is 3. The van der Waals surface area contributed by atoms with Gasteiger partial charge in [0.05, 0.1) is 19.9 Å². The minimum absolute atomic E-state index is 0.161. The topological polar surface area (TPSA) is 68.3 Å². The predicted molar refractivity (Wildman–Crippen MR) is 147 cm³/mol. The molecule has 0 spiro atoms. The fourth-order valence-corrected chi connectivity index (χ4v) is 4.22. The van der Waals surface area contributed by atoms with Gasteiger partial charge in [0.2, 0.25) is 0 Å². The van der Waals surface area contributed by atoms with Crippen molar-refractivity contribution in [1.82, 2.24) is 4.90 Å². The Hall–Kier alpha value is -3.88. The van der Waals surface area contributed by atoms with Crippen LogP contribution in [0.2, 0.25) is 5.02 Å². The number of carbonyl (C=O) groups excluding carboxylic acids is 2. The van der Waals surface area contributed by atoms with E-state index < -0.39 is 5.97 Å². The molecule has 0 saturated carbocycles. The lowest BCUT2D eigenvalue weighted by Gasteiger charge is -2.19. The number of aryl methyl sites for hydroxylation is 1. The van der Waals surface area contributed by atoms with Gasteiger partial charge in [-0.3, -0.25) is 14.5 Å². The molecule has 0 aromatic heterocycles. The fraction of sp³-hybridized carbons (Fsp3) is 0.179. The van der Waals surface area contributed by atoms with Crippen LogP contribution in [0.3, 0.4) is 0 Å². The predicted octanol–water partition coefficient (Wildman–Crippen LogP) is 5.38. The van der Waals surface area contributed by atoms with Crippen molar-refractivity contribution in [1.29, 1.82) is 0 Å². The van der Waals surface area contributed by atoms with E-state index in [0.29, 0.717) is 34.4 Å². The summed E-state index contributed by atoms with van der Waals surface area (Å²) in [6, 6.07) is 20.1. The molecule has 1 fully saturated rings. The van der Waals surface area contributed by atoms with Crippen molar-refractivity contribution in [3.05, 3.63) is 94.1 Å². The minimum Gasteiger partial charge on any atom is -0.493 e. The normalized spacial score (nSPS) is 14.3. The third-order valence-electron chi connectivity index (χ3n) is 5.74. The number of thiocarbonyl (C=S) groups is 1. The maximum atomic E-state index is 13.5. The third-order valence-corrected chi connectivity index (χ3v) is 6.40. The number of ether oxygens (including phenoxy) is 3. The summed E-state index contributed by atoms with van der Waals surface area (Å²) < 4.78 is 16.3. The van der Waals surface area contributed by atoms with Crippen LogP contribution >= 0.6 is 23.8 Å². The average Bonchev–Trinajstić information content (AvgIpc) is 3.13. The molecule has 9 heteroatoms. The smallest absolute Gasteiger partial charge is 0.325 e. The van der Waals surface area contributed by atoms with Crippen molar-refractivity contribution in [2.24, 2.45) is 0 Å². The van der Waals surface area contributed by atoms with Crippen molar-refractivity contribution in [3.8, 4) is 11.5 Å². The van der Waals surface area contributed by atoms with Crippen LogP contribution in [0.25, 0.3) is 6.08 Å². The van der Waals surface area contributed by atoms with Crippen molar-refractivity contribution in [2.75, 3.05) is 25.7 Å². The second-order valence-electron chi connectivity index (χ2n) is 8.28. The molecule has 0 unspecified atom stereocenters. The number of hydrogen-bond donors (Lipinski definition) is 0. The zero-order valence-corrected chi connectivity index (χ0v) is 22.1. The van der Waals surface area contributed by atoms with E-state index in [0.717, 1.165) is 5.56 Å². The van der Waals surface area contributed by atoms with Gasteiger partial charge in [-0.25, -0.2) is 0 Å². The highest BCUT2D eigenvalue weighted by molar-refractivity contribution is 7.80. The highest BCUT2D eigenvalue weighted by atomic mass is 35.5. The minimum atomic E-state index is -0.531. The summed E-state index contributed by atoms with van der Waals surface area (Å²) in [5, 5.41) is 0.689. The highest BCUT2D eigenvalue weighted by Crippen LogP contribution is 2.33. The molecule has 0 N–H and O–H groups in total. The van der Waals surface area contributed by atoms with E-state index in [4.69, 9.17) is 38.0 Å². The Bertz CT molecular complexity index is 1360. The summed E-state index contributed by atoms with van der Waals surface area (Å²) in [6.07, 6.45) is 1.65. The van der Waals surface area contributed by atoms with E-state index in [9.17, 15) is 9.59 Å². The van der Waals surface area contributed by atoms with Gasteiger partial charge in [-0.15, -0.1) is 0 Å². The molecular formula is C28H25ClN2O5S. The van der Waals surface area contributed by atoms with E-state index in [1.165, 1.54) is 22.5 Å². The van der Waals surface area contributed by atoms with Crippen molar-refractivity contribution in [3.63, 3.8) is 0 Å². The van der Waals surface area contributed by atoms with Gasteiger partial charge in [-0.1, -0.05) is 47.5 Å². The standard InChI is InChI=1S/C28H25ClN2O5S/c1-18-4-6-19(7-5-18)17-36-24-13-8-20(15-25(24)34-2)14-23-27(33)31(22-11-9-21(29)10-12-22)28(37)30(23)16-26(32)35-3/h4-15H,16-17H2,1-3H3/b23-14-. The van der Waals surface area contributed by atoms with Crippen LogP contribution in [0.15, 0.2) is 72.4 Å². The quantitative estimate of drug-likeness (QED) is 0.217. The van der Waals surface area contributed by atoms with Gasteiger partial charge < -0.3 is 19.1 Å². The van der Waals surface area contributed by atoms with Gasteiger partial charge in [0.25, 0.3) is 5.91 Å². The van der Waals surface area contributed by atoms with Crippen LogP contribution in [0.4, 0.5) is 5.69 Å². The van der Waals surface area contributed by atoms with Crippen molar-refractivity contribution in [2.45, 2.75) is 13.5 Å². The molecule has 1 heterocycles. The lowest BCUT2D eigenvalue weighted by molar-refractivity contribution is -0.140. The van der Waals surface area contributed by atoms with Gasteiger partial charge in [-0.05, 0) is 72.7 Å². The number of hydrogen-bond acceptors (Lipinski definition) is 6. The van der Waals surface area contributed by atoms with Gasteiger partial charge in [-0.2, -0.15) is 0 Å². The number of rotatable bonds is 8. The van der Waals surface area contributed by atoms with Gasteiger partial charge in [0.15, 0.2) is 16.6 Å². The average molecular weight is 537 g/mol. The summed E-state index contributed by atoms with van der Waals surface area (Å²) in [7, 11) is 2.83. The van der Waals surface area contributed by atoms with E-state index >= 15 is 0 Å². The first-order chi connectivity index (χ1) is 17.8. The molecule has 1 aliphatic rings. The summed E-state index contributed by atoms with van der Waals surface area (Å²) in [5.41, 5.74) is 3.63. The summed E-state index contributed by atoms with van der Waals surface area (Å²) in [5.74, 6) is 0.155. The van der Waals surface area contributed by atoms with Crippen LogP contribution in [0.5, 0.6) is 11.5 Å². The van der Waals surface area contributed by atoms with E-state index in [2.05, 4.69) is 0 Å². The molecule has 1 aliphatic heterocycles. The van der Waals surface area contributed by atoms with Crippen LogP contribution in [0.1, 0.15) is 16.7 Å². The molecule has 7 nitrogen and oxygen atoms in total. The zero-order valence-electron chi connectivity index (χ0n) is 20.6. The summed E-state index contributed by atoms with van der Waals surface area (Å²) in [4.78, 5) is 28.4. The Kier molecular flexibility index (Phi) is 8.11. The molecule has 3 aromatic rings. The molecule has 0 bridgehead atoms. The second kappa shape index (κ2) is 11.5. The monoisotopic (exact) mass is 536 g/mol. The lowest BCUT2D eigenvalue weighted by Crippen LogP contribution is -2.35. The number of carbonyl (C=O) groups is 2. The fourth-order valence-electron chi connectivity index (χ4n) is 3.74. The van der Waals surface area contributed by atoms with Crippen LogP contribution < -0.4 is 14.4 Å². The molecule has 0 atom stereocenters. The Morgan fingerprint density at radius 1 is 1.00 bits per heavy atom. The van der Waals surface area contributed by atoms with E-state index in [1.807, 2.05) is 31.2 Å². The SMILES string of the molecule is COC(=O)CN1C(=S)N(c2ccc(Cl)cc2)C(=O)/C1=C/c1ccc(OCc2ccc(C)cc2)c(OC)c1. The number of methoxy groups -OCH3 is 2. The van der Waals surface area contributed by atoms with Crippen LogP contribution in [0, 0.1) is 6.92 Å². The Morgan fingerprint density at radius 2 is 1.70 bits per heavy atom. The van der Waals surface area contributed by atoms with E-state index in [-0.39, 0.29) is 23.3 Å². The van der Waals surface area contributed by atoms with Crippen molar-refractivity contribution >= 4 is 52.6 Å². The van der Waals surface area contributed by atoms with Crippen LogP contribution in [-0.2, 0) is 20.9 Å². The number of esters is 1. The number of halogens is 1. The molecule has 0 radical (unpaired) electrons. The van der Waals surface area contributed by atoms with Gasteiger partial charge in [0.1, 0.15) is 18.8 Å². The van der Waals surface area contributed by atoms with Gasteiger partial charge >= 0.3 is 5.97 Å². The summed E-state index contributed by atoms with van der Waals surface area (Å²) in [6.45, 7) is 2.20. The number of anilines is 1. The molecule has 1 amide bonds. The van der Waals surface area contributed by atoms with Crippen molar-refractivity contribution < 1.29 is 23.8 Å². The first kappa shape index (κ1) is 26.2. The third kappa shape index (κ3) is 5.93. The first-order valence-corrected chi connectivity index (χ1v) is 12.2. The number of amides is 1. The molecule has 3 aromatic carbocycles. The van der Waals surface area contributed by atoms with E-state index in [1.54, 1.807) is 55.7 Å². The Morgan fingerprint density at radius 3 is 2.35 bits per heavy atom. The molecule has 1 saturated heterocycles. The summed E-state index contributed by atoms with van der Waals surface area (Å²) >= 11 is 11.6. The molecule has 0 aliphatic carbocycles. The molecular weight excluding hydrogens is 512 g/mol. The number of nitrogens with zero attached hydrogens (tertiary/aromatic N) is 2. The maximum absolute atomic E-state index is 13.5. The maximum Gasteiger partial charge on any atom is 0.325 e.